The van der Waals surface area contributed by atoms with Crippen molar-refractivity contribution in [1.29, 1.82) is 0 Å². The van der Waals surface area contributed by atoms with Gasteiger partial charge in [0.15, 0.2) is 17.0 Å². The zero-order chi connectivity index (χ0) is 67.7. The number of phosphoric ester groups is 1. The van der Waals surface area contributed by atoms with Crippen LogP contribution in [0.1, 0.15) is 85.6 Å². The Morgan fingerprint density at radius 3 is 2.00 bits per heavy atom. The summed E-state index contributed by atoms with van der Waals surface area (Å²) in [6, 6.07) is 32.6. The normalized spacial score (nSPS) is 18.9. The second-order valence-electron chi connectivity index (χ2n) is 22.1. The highest BCUT2D eigenvalue weighted by Crippen LogP contribution is 2.56. The Morgan fingerprint density at radius 2 is 1.38 bits per heavy atom. The van der Waals surface area contributed by atoms with Crippen molar-refractivity contribution in [2.45, 2.75) is 95.1 Å². The highest BCUT2D eigenvalue weighted by atomic mass is 31.2. The monoisotopic (exact) mass is 1340 g/mol. The van der Waals surface area contributed by atoms with Crippen molar-refractivity contribution >= 4 is 57.2 Å². The van der Waals surface area contributed by atoms with Gasteiger partial charge in [0.05, 0.1) is 52.5 Å². The van der Waals surface area contributed by atoms with Gasteiger partial charge in [-0.2, -0.15) is 0 Å². The van der Waals surface area contributed by atoms with E-state index in [1.807, 2.05) is 111 Å². The lowest BCUT2D eigenvalue weighted by Gasteiger charge is -2.37. The maximum Gasteiger partial charge on any atom is 0.475 e. The van der Waals surface area contributed by atoms with Crippen molar-refractivity contribution in [2.75, 3.05) is 72.7 Å². The van der Waals surface area contributed by atoms with E-state index in [4.69, 9.17) is 59.4 Å². The van der Waals surface area contributed by atoms with Gasteiger partial charge in [0.1, 0.15) is 74.0 Å². The fourth-order valence-corrected chi connectivity index (χ4v) is 13.9. The summed E-state index contributed by atoms with van der Waals surface area (Å²) in [7, 11) is -2.63. The summed E-state index contributed by atoms with van der Waals surface area (Å²) in [6.07, 6.45) is -0.965. The van der Waals surface area contributed by atoms with Gasteiger partial charge in [-0.1, -0.05) is 72.8 Å². The van der Waals surface area contributed by atoms with Gasteiger partial charge in [-0.3, -0.25) is 46.9 Å². The molecule has 8 atom stereocenters. The maximum atomic E-state index is 15.8. The first-order valence-electron chi connectivity index (χ1n) is 30.2. The number of nitrogens with one attached hydrogen (secondary N) is 3. The summed E-state index contributed by atoms with van der Waals surface area (Å²) in [5.74, 6) is -0.578. The van der Waals surface area contributed by atoms with Crippen LogP contribution in [0.15, 0.2) is 144 Å². The predicted molar refractivity (Wildman–Crippen MR) is 348 cm³/mol. The number of phosphoric acid groups is 1. The van der Waals surface area contributed by atoms with E-state index in [0.717, 1.165) is 29.4 Å². The predicted octanol–water partition coefficient (Wildman–Crippen LogP) is 8.64. The van der Waals surface area contributed by atoms with Crippen LogP contribution in [0.4, 0.5) is 5.82 Å². The molecule has 0 bridgehead atoms. The first-order chi connectivity index (χ1) is 45.9. The number of imidazole rings is 1. The number of aromatic nitrogens is 6. The number of benzene rings is 4. The molecule has 5 heterocycles. The number of H-pyrrole nitrogens is 1. The summed E-state index contributed by atoms with van der Waals surface area (Å²) >= 11 is 0. The van der Waals surface area contributed by atoms with Crippen LogP contribution in [0.25, 0.3) is 26.9 Å². The Morgan fingerprint density at radius 1 is 0.779 bits per heavy atom. The number of aromatic amines is 1. The van der Waals surface area contributed by atoms with Gasteiger partial charge in [-0.05, 0) is 86.9 Å². The number of hydrogen-bond acceptors (Lipinski definition) is 21. The smallest absolute Gasteiger partial charge is 0.475 e. The molecule has 2 fully saturated rings. The molecule has 0 aliphatic carbocycles. The van der Waals surface area contributed by atoms with Gasteiger partial charge in [0.2, 0.25) is 19.0 Å². The summed E-state index contributed by atoms with van der Waals surface area (Å²) in [6.45, 7) is 20.9. The van der Waals surface area contributed by atoms with Crippen LogP contribution < -0.4 is 31.4 Å². The summed E-state index contributed by atoms with van der Waals surface area (Å²) in [4.78, 5) is 87.5. The van der Waals surface area contributed by atoms with E-state index in [0.29, 0.717) is 28.2 Å². The summed E-state index contributed by atoms with van der Waals surface area (Å²) in [5.41, 5.74) is -0.311. The quantitative estimate of drug-likeness (QED) is 0.00887. The van der Waals surface area contributed by atoms with Crippen molar-refractivity contribution in [3.05, 3.63) is 206 Å². The van der Waals surface area contributed by atoms with E-state index in [1.54, 1.807) is 49.1 Å². The molecular weight excluding hydrogens is 1270 g/mol. The van der Waals surface area contributed by atoms with Crippen molar-refractivity contribution in [1.82, 2.24) is 39.1 Å². The number of carbonyl (C=O) groups is 3. The van der Waals surface area contributed by atoms with Crippen LogP contribution >= 0.6 is 16.3 Å². The van der Waals surface area contributed by atoms with Gasteiger partial charge in [0, 0.05) is 42.8 Å². The fourth-order valence-electron chi connectivity index (χ4n) is 10.8. The average molecular weight is 1340 g/mol. The highest BCUT2D eigenvalue weighted by Gasteiger charge is 2.49. The van der Waals surface area contributed by atoms with Crippen LogP contribution in [0.2, 0.25) is 0 Å². The third-order valence-corrected chi connectivity index (χ3v) is 18.9. The molecule has 95 heavy (non-hydrogen) atoms. The van der Waals surface area contributed by atoms with E-state index >= 15 is 4.57 Å². The second kappa shape index (κ2) is 33.0. The lowest BCUT2D eigenvalue weighted by Crippen LogP contribution is -2.38. The number of esters is 1. The number of fused-ring (bicyclic) bond motifs is 1. The minimum atomic E-state index is -4.93. The number of hydrogen-bond donors (Lipinski definition) is 3. The number of nitrogens with zero attached hydrogens (tertiary/aromatic N) is 8. The molecule has 2 aliphatic heterocycles. The maximum absolute atomic E-state index is 15.8. The van der Waals surface area contributed by atoms with Crippen LogP contribution in [-0.4, -0.2) is 155 Å². The topological polar surface area (TPSA) is 304 Å². The number of anilines is 1. The summed E-state index contributed by atoms with van der Waals surface area (Å²) in [5, 5.41) is 5.18. The minimum Gasteiger partial charge on any atom is -0.497 e. The van der Waals surface area contributed by atoms with Crippen LogP contribution in [0, 0.1) is 13.1 Å². The molecule has 8 unspecified atom stereocenters. The molecule has 3 N–H and O–H groups in total. The molecule has 500 valence electrons. The number of methoxy groups -OCH3 is 3. The minimum absolute atomic E-state index is 0.000662. The van der Waals surface area contributed by atoms with E-state index in [1.165, 1.54) is 18.9 Å². The number of ether oxygens (including phenoxy) is 6. The first-order valence-corrected chi connectivity index (χ1v) is 32.8. The van der Waals surface area contributed by atoms with E-state index < -0.39 is 108 Å². The van der Waals surface area contributed by atoms with Crippen LogP contribution in [0.3, 0.4) is 0 Å². The number of amides is 2. The van der Waals surface area contributed by atoms with Gasteiger partial charge in [-0.15, -0.1) is 0 Å². The molecule has 7 aromatic rings. The zero-order valence-electron chi connectivity index (χ0n) is 53.2. The van der Waals surface area contributed by atoms with Crippen LogP contribution in [0.5, 0.6) is 11.5 Å². The molecule has 2 saturated heterocycles. The Kier molecular flexibility index (Phi) is 24.5. The van der Waals surface area contributed by atoms with Gasteiger partial charge in [0.25, 0.3) is 20.0 Å². The van der Waals surface area contributed by atoms with E-state index in [9.17, 15) is 24.0 Å². The molecule has 30 heteroatoms. The van der Waals surface area contributed by atoms with Crippen LogP contribution in [-0.2, 0) is 61.3 Å². The lowest BCUT2D eigenvalue weighted by atomic mass is 9.80. The zero-order valence-corrected chi connectivity index (χ0v) is 55.0. The molecule has 2 amide bonds. The summed E-state index contributed by atoms with van der Waals surface area (Å²) < 4.78 is 89.5. The molecule has 0 spiro atoms. The molecule has 4 aromatic carbocycles. The number of carbonyl (C=O) groups excluding carboxylic acids is 3. The molecule has 9 rings (SSSR count). The molecule has 28 nitrogen and oxygen atoms in total. The van der Waals surface area contributed by atoms with Gasteiger partial charge in [-0.25, -0.2) is 42.1 Å². The first kappa shape index (κ1) is 70.5. The molecule has 0 radical (unpaired) electrons. The standard InChI is InChI=1S/C65H73N11O17P2/c1-42(2)76(43(3)4)94(87-32-30-66-5)92-51-34-56(74-37-45(63(80)73-64(74)81)20-29-55(77)68-36-58(78)85-9)91-54(51)39-89-95(82,88-33-31-67-6)93-52-35-57(75-41-71-59-60(69-40-70-61(59)75)72-62(79)44-16-12-10-13-17-44)90-53(52)38-86-65(46-18-14-11-15-19-46,47-21-25-49(83-7)26-22-47)48-23-27-50(84-8)28-24-48/h10-29,37,40-43,51-54,56-57H,30-36,38-39H2,1-4,7-9H3,(H,68,77)(H,73,80,81)(H,69,70,72,79). The largest absolute Gasteiger partial charge is 0.497 e. The van der Waals surface area contributed by atoms with Gasteiger partial charge >= 0.3 is 19.5 Å². The van der Waals surface area contributed by atoms with Crippen molar-refractivity contribution in [3.63, 3.8) is 0 Å². The second-order valence-corrected chi connectivity index (χ2v) is 25.1. The van der Waals surface area contributed by atoms with Crippen molar-refractivity contribution < 1.29 is 70.0 Å². The third-order valence-electron chi connectivity index (χ3n) is 15.3. The third kappa shape index (κ3) is 17.4. The van der Waals surface area contributed by atoms with Crippen molar-refractivity contribution in [3.8, 4) is 11.5 Å². The van der Waals surface area contributed by atoms with E-state index in [-0.39, 0.29) is 73.8 Å². The molecule has 0 saturated carbocycles. The Bertz CT molecular complexity index is 3980. The number of rotatable bonds is 32. The average Bonchev–Trinajstić information content (AvgIpc) is 1.58. The Hall–Kier alpha value is -8.86. The molecule has 3 aromatic heterocycles. The Balaban J connectivity index is 1.09. The van der Waals surface area contributed by atoms with Gasteiger partial charge < -0.3 is 57.8 Å². The van der Waals surface area contributed by atoms with E-state index in [2.05, 4.69) is 45.0 Å². The van der Waals surface area contributed by atoms with Crippen molar-refractivity contribution in [2.24, 2.45) is 0 Å². The molecule has 2 aliphatic rings. The SMILES string of the molecule is [C-]#[N+]CCOP(OC1CC(n2cc(C=CC(=O)NCC(=O)OC)c(=O)[nH]c2=O)OC1COP(=O)(OCC[N+]#[C-])OC1CC(n2cnc3c(NC(=O)c4ccccc4)ncnc32)OC1COC(c1ccccc1)(c1ccc(OC)cc1)c1ccc(OC)cc1)N(C(C)C)C(C)C. The molecular formula is C65H73N11O17P2. The highest BCUT2D eigenvalue weighted by molar-refractivity contribution is 7.48. The Labute approximate surface area is 549 Å². The fraction of sp³-hybridized carbons (Fsp3) is 0.385. The lowest BCUT2D eigenvalue weighted by molar-refractivity contribution is -0.140.